The van der Waals surface area contributed by atoms with Gasteiger partial charge in [-0.25, -0.2) is 0 Å². The molecule has 0 spiro atoms. The zero-order valence-electron chi connectivity index (χ0n) is 7.26. The third kappa shape index (κ3) is 1.00. The maximum Gasteiger partial charge on any atom is 0.435 e. The molecule has 0 amide bonds. The number of carbonyl (C=O) groups is 1. The van der Waals surface area contributed by atoms with Crippen LogP contribution in [0.25, 0.3) is 11.1 Å². The van der Waals surface area contributed by atoms with Gasteiger partial charge in [0.05, 0.1) is 17.3 Å². The first-order valence-corrected chi connectivity index (χ1v) is 3.82. The molecular weight excluding hydrogens is 188 g/mol. The van der Waals surface area contributed by atoms with Gasteiger partial charge >= 0.3 is 5.88 Å². The fourth-order valence-corrected chi connectivity index (χ4v) is 1.32. The van der Waals surface area contributed by atoms with Gasteiger partial charge in [0, 0.05) is 13.1 Å². The van der Waals surface area contributed by atoms with E-state index < -0.39 is 4.92 Å². The van der Waals surface area contributed by atoms with Gasteiger partial charge in [0.15, 0.2) is 11.9 Å². The first kappa shape index (κ1) is 8.49. The lowest BCUT2D eigenvalue weighted by molar-refractivity contribution is -0.401. The van der Waals surface area contributed by atoms with Gasteiger partial charge in [0.1, 0.15) is 4.92 Å². The molecule has 2 heterocycles. The van der Waals surface area contributed by atoms with Crippen molar-refractivity contribution in [2.24, 2.45) is 7.05 Å². The Kier molecular flexibility index (Phi) is 1.63. The van der Waals surface area contributed by atoms with Crippen molar-refractivity contribution in [3.8, 4) is 0 Å². The number of aromatic nitrogens is 1. The second kappa shape index (κ2) is 2.69. The highest BCUT2D eigenvalue weighted by Crippen LogP contribution is 2.26. The van der Waals surface area contributed by atoms with E-state index in [0.29, 0.717) is 23.1 Å². The summed E-state index contributed by atoms with van der Waals surface area (Å²) in [7, 11) is 1.64. The lowest BCUT2D eigenvalue weighted by Gasteiger charge is -1.91. The number of hydrogen-bond acceptors (Lipinski definition) is 4. The monoisotopic (exact) mass is 194 g/mol. The van der Waals surface area contributed by atoms with Crippen LogP contribution in [0.4, 0.5) is 5.88 Å². The number of nitrogens with zero attached hydrogens (tertiary/aromatic N) is 2. The summed E-state index contributed by atoms with van der Waals surface area (Å²) in [6.07, 6.45) is 0.668. The third-order valence-corrected chi connectivity index (χ3v) is 2.06. The summed E-state index contributed by atoms with van der Waals surface area (Å²) in [5.41, 5.74) is 1.31. The van der Waals surface area contributed by atoms with Crippen molar-refractivity contribution in [3.63, 3.8) is 0 Å². The SMILES string of the molecule is Cn1c(C=O)cc2oc([N+](=O)[O-])cc21. The molecule has 0 aromatic carbocycles. The Morgan fingerprint density at radius 2 is 2.29 bits per heavy atom. The molecule has 0 saturated carbocycles. The average molecular weight is 194 g/mol. The minimum atomic E-state index is -0.611. The lowest BCUT2D eigenvalue weighted by Crippen LogP contribution is -1.92. The summed E-state index contributed by atoms with van der Waals surface area (Å²) in [6.45, 7) is 0. The Labute approximate surface area is 77.9 Å². The second-order valence-electron chi connectivity index (χ2n) is 2.84. The molecule has 0 atom stereocenters. The third-order valence-electron chi connectivity index (χ3n) is 2.06. The summed E-state index contributed by atoms with van der Waals surface area (Å²) in [5.74, 6) is -0.317. The Morgan fingerprint density at radius 1 is 1.57 bits per heavy atom. The van der Waals surface area contributed by atoms with Crippen LogP contribution in [0.15, 0.2) is 16.5 Å². The predicted octanol–water partition coefficient (Wildman–Crippen LogP) is 1.49. The minimum Gasteiger partial charge on any atom is -0.399 e. The quantitative estimate of drug-likeness (QED) is 0.412. The molecule has 0 aliphatic carbocycles. The van der Waals surface area contributed by atoms with E-state index >= 15 is 0 Å². The van der Waals surface area contributed by atoms with Crippen LogP contribution in [0.1, 0.15) is 10.5 Å². The molecule has 72 valence electrons. The van der Waals surface area contributed by atoms with Crippen LogP contribution in [-0.4, -0.2) is 15.8 Å². The van der Waals surface area contributed by atoms with E-state index in [9.17, 15) is 14.9 Å². The number of rotatable bonds is 2. The number of carbonyl (C=O) groups excluding carboxylic acids is 1. The van der Waals surface area contributed by atoms with Crippen molar-refractivity contribution in [1.82, 2.24) is 4.57 Å². The molecule has 0 bridgehead atoms. The van der Waals surface area contributed by atoms with E-state index in [0.717, 1.165) is 0 Å². The summed E-state index contributed by atoms with van der Waals surface area (Å²) >= 11 is 0. The van der Waals surface area contributed by atoms with Crippen molar-refractivity contribution in [2.75, 3.05) is 0 Å². The van der Waals surface area contributed by atoms with Crippen LogP contribution in [0.3, 0.4) is 0 Å². The van der Waals surface area contributed by atoms with Gasteiger partial charge in [0.2, 0.25) is 0 Å². The van der Waals surface area contributed by atoms with Crippen molar-refractivity contribution >= 4 is 23.3 Å². The van der Waals surface area contributed by atoms with Crippen LogP contribution >= 0.6 is 0 Å². The Bertz CT molecular complexity index is 523. The Balaban J connectivity index is 2.70. The first-order valence-electron chi connectivity index (χ1n) is 3.82. The molecule has 2 aromatic heterocycles. The predicted molar refractivity (Wildman–Crippen MR) is 47.2 cm³/mol. The minimum absolute atomic E-state index is 0.317. The summed E-state index contributed by atoms with van der Waals surface area (Å²) in [4.78, 5) is 20.3. The number of aldehydes is 1. The van der Waals surface area contributed by atoms with E-state index in [4.69, 9.17) is 4.42 Å². The number of aryl methyl sites for hydroxylation is 1. The van der Waals surface area contributed by atoms with Gasteiger partial charge in [-0.2, -0.15) is 0 Å². The molecule has 14 heavy (non-hydrogen) atoms. The van der Waals surface area contributed by atoms with Crippen molar-refractivity contribution in [3.05, 3.63) is 27.9 Å². The van der Waals surface area contributed by atoms with Gasteiger partial charge in [-0.3, -0.25) is 14.9 Å². The summed E-state index contributed by atoms with van der Waals surface area (Å²) < 4.78 is 6.45. The van der Waals surface area contributed by atoms with Crippen LogP contribution in [0.2, 0.25) is 0 Å². The largest absolute Gasteiger partial charge is 0.435 e. The van der Waals surface area contributed by atoms with Gasteiger partial charge in [-0.15, -0.1) is 0 Å². The number of nitro groups is 1. The standard InChI is InChI=1S/C8H6N2O4/c1-9-5(4-11)2-7-6(9)3-8(14-7)10(12)13/h2-4H,1H3. The van der Waals surface area contributed by atoms with Crippen molar-refractivity contribution in [2.45, 2.75) is 0 Å². The molecule has 6 heteroatoms. The smallest absolute Gasteiger partial charge is 0.399 e. The van der Waals surface area contributed by atoms with E-state index in [1.807, 2.05) is 0 Å². The molecule has 0 unspecified atom stereocenters. The second-order valence-corrected chi connectivity index (χ2v) is 2.84. The molecule has 6 nitrogen and oxygen atoms in total. The molecule has 0 aliphatic rings. The van der Waals surface area contributed by atoms with Gasteiger partial charge in [0.25, 0.3) is 0 Å². The van der Waals surface area contributed by atoms with E-state index in [1.165, 1.54) is 12.1 Å². The number of fused-ring (bicyclic) bond motifs is 1. The first-order chi connectivity index (χ1) is 6.63. The maximum absolute atomic E-state index is 10.5. The van der Waals surface area contributed by atoms with E-state index in [-0.39, 0.29) is 5.88 Å². The summed E-state index contributed by atoms with van der Waals surface area (Å²) in [6, 6.07) is 2.76. The van der Waals surface area contributed by atoms with Gasteiger partial charge in [-0.1, -0.05) is 0 Å². The fourth-order valence-electron chi connectivity index (χ4n) is 1.32. The summed E-state index contributed by atoms with van der Waals surface area (Å²) in [5, 5.41) is 10.4. The maximum atomic E-state index is 10.5. The topological polar surface area (TPSA) is 78.3 Å². The molecule has 0 radical (unpaired) electrons. The van der Waals surface area contributed by atoms with Gasteiger partial charge < -0.3 is 8.98 Å². The molecule has 0 N–H and O–H groups in total. The van der Waals surface area contributed by atoms with Crippen LogP contribution < -0.4 is 0 Å². The normalized spacial score (nSPS) is 10.6. The molecule has 0 fully saturated rings. The van der Waals surface area contributed by atoms with Crippen molar-refractivity contribution in [1.29, 1.82) is 0 Å². The Morgan fingerprint density at radius 3 is 2.79 bits per heavy atom. The highest BCUT2D eigenvalue weighted by atomic mass is 16.6. The van der Waals surface area contributed by atoms with Crippen LogP contribution in [0, 0.1) is 10.1 Å². The highest BCUT2D eigenvalue weighted by molar-refractivity contribution is 5.86. The molecule has 0 saturated heterocycles. The van der Waals surface area contributed by atoms with Crippen molar-refractivity contribution < 1.29 is 14.1 Å². The number of hydrogen-bond donors (Lipinski definition) is 0. The van der Waals surface area contributed by atoms with E-state index in [1.54, 1.807) is 11.6 Å². The average Bonchev–Trinajstić information content (AvgIpc) is 2.66. The van der Waals surface area contributed by atoms with Crippen LogP contribution in [0.5, 0.6) is 0 Å². The molecular formula is C8H6N2O4. The van der Waals surface area contributed by atoms with E-state index in [2.05, 4.69) is 0 Å². The molecule has 2 rings (SSSR count). The lowest BCUT2D eigenvalue weighted by atomic mass is 10.4. The molecule has 0 aliphatic heterocycles. The van der Waals surface area contributed by atoms with Gasteiger partial charge in [-0.05, 0) is 0 Å². The zero-order valence-corrected chi connectivity index (χ0v) is 7.26. The number of furan rings is 1. The fraction of sp³-hybridized carbons (Fsp3) is 0.125. The molecule has 2 aromatic rings. The van der Waals surface area contributed by atoms with Crippen LogP contribution in [-0.2, 0) is 7.05 Å². The Hall–Kier alpha value is -2.11. The highest BCUT2D eigenvalue weighted by Gasteiger charge is 2.17. The zero-order chi connectivity index (χ0) is 10.3.